The lowest BCUT2D eigenvalue weighted by Crippen LogP contribution is -2.50. The minimum Gasteiger partial charge on any atom is -0.444 e. The number of nitrogens with zero attached hydrogens (tertiary/aromatic N) is 1. The lowest BCUT2D eigenvalue weighted by atomic mass is 9.77. The number of hydrogen-bond donors (Lipinski definition) is 1. The molecule has 1 aromatic carbocycles. The first kappa shape index (κ1) is 27.4. The van der Waals surface area contributed by atoms with E-state index in [9.17, 15) is 13.2 Å². The van der Waals surface area contributed by atoms with Crippen LogP contribution in [0.2, 0.25) is 0 Å². The van der Waals surface area contributed by atoms with E-state index in [1.165, 1.54) is 0 Å². The molecule has 8 nitrogen and oxygen atoms in total. The first-order valence-electron chi connectivity index (χ1n) is 12.4. The zero-order chi connectivity index (χ0) is 26.9. The predicted molar refractivity (Wildman–Crippen MR) is 136 cm³/mol. The number of benzene rings is 1. The van der Waals surface area contributed by atoms with Gasteiger partial charge < -0.3 is 18.9 Å². The highest BCUT2D eigenvalue weighted by atomic mass is 32.2. The molecule has 0 aromatic heterocycles. The van der Waals surface area contributed by atoms with E-state index in [0.717, 1.165) is 19.1 Å². The summed E-state index contributed by atoms with van der Waals surface area (Å²) in [5.74, 6) is -0.477. The molecule has 1 aliphatic carbocycles. The van der Waals surface area contributed by atoms with Crippen LogP contribution in [-0.2, 0) is 30.5 Å². The van der Waals surface area contributed by atoms with E-state index in [4.69, 9.17) is 14.0 Å². The van der Waals surface area contributed by atoms with Crippen LogP contribution in [-0.4, -0.2) is 68.2 Å². The number of rotatable bonds is 5. The largest absolute Gasteiger partial charge is 0.497 e. The van der Waals surface area contributed by atoms with E-state index in [0.29, 0.717) is 12.1 Å². The molecule has 11 heteroatoms. The van der Waals surface area contributed by atoms with Crippen LogP contribution >= 0.6 is 0 Å². The minimum absolute atomic E-state index is 0.118. The maximum atomic E-state index is 15.9. The van der Waals surface area contributed by atoms with Crippen molar-refractivity contribution >= 4 is 28.7 Å². The van der Waals surface area contributed by atoms with E-state index in [2.05, 4.69) is 4.72 Å². The molecule has 2 aliphatic heterocycles. The summed E-state index contributed by atoms with van der Waals surface area (Å²) in [4.78, 5) is 14.8. The van der Waals surface area contributed by atoms with Gasteiger partial charge in [-0.25, -0.2) is 22.3 Å². The normalized spacial score (nSPS) is 26.5. The van der Waals surface area contributed by atoms with Gasteiger partial charge in [-0.3, -0.25) is 0 Å². The number of nitrogens with one attached hydrogen (secondary N) is 1. The second kappa shape index (κ2) is 8.68. The molecule has 2 saturated heterocycles. The molecule has 0 bridgehead atoms. The molecule has 1 amide bonds. The van der Waals surface area contributed by atoms with Crippen molar-refractivity contribution in [2.45, 2.75) is 96.6 Å². The molecule has 2 unspecified atom stereocenters. The number of sulfonamides is 1. The molecule has 36 heavy (non-hydrogen) atoms. The summed E-state index contributed by atoms with van der Waals surface area (Å²) in [6.45, 7) is 13.3. The number of ether oxygens (including phenoxy) is 1. The molecule has 2 atom stereocenters. The molecular formula is C25H38BFN2O6S. The van der Waals surface area contributed by atoms with Gasteiger partial charge in [-0.2, -0.15) is 0 Å². The molecule has 1 N–H and O–H groups in total. The fraction of sp³-hybridized carbons (Fsp3) is 0.720. The Hall–Kier alpha value is -1.69. The summed E-state index contributed by atoms with van der Waals surface area (Å²) in [5, 5.41) is 0. The van der Waals surface area contributed by atoms with E-state index in [1.807, 2.05) is 27.7 Å². The number of likely N-dealkylation sites (tertiary alicyclic amines) is 1. The number of hydrogen-bond acceptors (Lipinski definition) is 6. The van der Waals surface area contributed by atoms with Gasteiger partial charge in [-0.15, -0.1) is 0 Å². The van der Waals surface area contributed by atoms with Gasteiger partial charge in [0.2, 0.25) is 10.0 Å². The first-order valence-corrected chi connectivity index (χ1v) is 14.3. The SMILES string of the molecule is CC(C)(C)OC(=O)N1CC2(CC2)C(NS(C)(=O)=O)C1Cc1cccc(B2OC(C)(C)C(C)(C)O2)c1F. The highest BCUT2D eigenvalue weighted by molar-refractivity contribution is 7.88. The zero-order valence-corrected chi connectivity index (χ0v) is 23.3. The molecule has 1 aromatic rings. The Morgan fingerprint density at radius 3 is 2.28 bits per heavy atom. The van der Waals surface area contributed by atoms with E-state index < -0.39 is 57.9 Å². The summed E-state index contributed by atoms with van der Waals surface area (Å²) in [5.41, 5.74) is -1.70. The third-order valence-electron chi connectivity index (χ3n) is 7.84. The Morgan fingerprint density at radius 2 is 1.78 bits per heavy atom. The van der Waals surface area contributed by atoms with E-state index in [1.54, 1.807) is 43.9 Å². The molecule has 1 saturated carbocycles. The van der Waals surface area contributed by atoms with Crippen molar-refractivity contribution in [3.63, 3.8) is 0 Å². The first-order chi connectivity index (χ1) is 16.3. The third-order valence-corrected chi connectivity index (χ3v) is 8.52. The lowest BCUT2D eigenvalue weighted by Gasteiger charge is -2.32. The van der Waals surface area contributed by atoms with Crippen LogP contribution in [0.15, 0.2) is 18.2 Å². The van der Waals surface area contributed by atoms with Crippen LogP contribution in [0.4, 0.5) is 9.18 Å². The second-order valence-electron chi connectivity index (χ2n) is 12.5. The standard InChI is InChI=1S/C25H38BFN2O6S/c1-22(2,3)33-21(30)29-15-25(12-13-25)20(28-36(8,31)32)18(29)14-16-10-9-11-17(19(16)27)26-34-23(4,5)24(6,7)35-26/h9-11,18,20,28H,12-15H2,1-8H3. The fourth-order valence-corrected chi connectivity index (χ4v) is 5.96. The molecule has 4 rings (SSSR count). The zero-order valence-electron chi connectivity index (χ0n) is 22.5. The van der Waals surface area contributed by atoms with Gasteiger partial charge in [-0.1, -0.05) is 18.2 Å². The molecule has 200 valence electrons. The third kappa shape index (κ3) is 5.30. The van der Waals surface area contributed by atoms with Crippen LogP contribution in [0.1, 0.15) is 66.9 Å². The Kier molecular flexibility index (Phi) is 6.59. The molecule has 2 heterocycles. The van der Waals surface area contributed by atoms with Gasteiger partial charge in [0, 0.05) is 23.5 Å². The van der Waals surface area contributed by atoms with Crippen LogP contribution < -0.4 is 10.2 Å². The second-order valence-corrected chi connectivity index (χ2v) is 14.3. The molecule has 1 spiro atoms. The monoisotopic (exact) mass is 524 g/mol. The highest BCUT2D eigenvalue weighted by Crippen LogP contribution is 2.55. The summed E-state index contributed by atoms with van der Waals surface area (Å²) in [6, 6.07) is 3.88. The van der Waals surface area contributed by atoms with Gasteiger partial charge in [0.15, 0.2) is 0 Å². The van der Waals surface area contributed by atoms with Crippen molar-refractivity contribution in [2.75, 3.05) is 12.8 Å². The maximum absolute atomic E-state index is 15.9. The van der Waals surface area contributed by atoms with Gasteiger partial charge in [0.05, 0.1) is 23.5 Å². The summed E-state index contributed by atoms with van der Waals surface area (Å²) in [6.07, 6.45) is 2.27. The number of carbonyl (C=O) groups is 1. The van der Waals surface area contributed by atoms with Crippen molar-refractivity contribution in [1.29, 1.82) is 0 Å². The van der Waals surface area contributed by atoms with Crippen LogP contribution in [0.25, 0.3) is 0 Å². The molecule has 3 aliphatic rings. The van der Waals surface area contributed by atoms with Crippen molar-refractivity contribution < 1.29 is 31.6 Å². The van der Waals surface area contributed by atoms with Gasteiger partial charge in [0.1, 0.15) is 11.4 Å². The molecular weight excluding hydrogens is 486 g/mol. The van der Waals surface area contributed by atoms with Crippen LogP contribution in [0, 0.1) is 11.2 Å². The van der Waals surface area contributed by atoms with Crippen molar-refractivity contribution in [2.24, 2.45) is 5.41 Å². The average Bonchev–Trinajstić information content (AvgIpc) is 3.36. The predicted octanol–water partition coefficient (Wildman–Crippen LogP) is 2.98. The van der Waals surface area contributed by atoms with Crippen molar-refractivity contribution in [3.05, 3.63) is 29.6 Å². The van der Waals surface area contributed by atoms with Gasteiger partial charge in [-0.05, 0) is 73.3 Å². The highest BCUT2D eigenvalue weighted by Gasteiger charge is 2.62. The van der Waals surface area contributed by atoms with Crippen LogP contribution in [0.5, 0.6) is 0 Å². The fourth-order valence-electron chi connectivity index (χ4n) is 5.09. The van der Waals surface area contributed by atoms with E-state index in [-0.39, 0.29) is 17.3 Å². The van der Waals surface area contributed by atoms with Gasteiger partial charge >= 0.3 is 13.2 Å². The number of halogens is 1. The molecule has 3 fully saturated rings. The Balaban J connectivity index is 1.67. The summed E-state index contributed by atoms with van der Waals surface area (Å²) >= 11 is 0. The van der Waals surface area contributed by atoms with Gasteiger partial charge in [0.25, 0.3) is 0 Å². The Labute approximate surface area is 214 Å². The minimum atomic E-state index is -3.57. The number of amides is 1. The van der Waals surface area contributed by atoms with E-state index >= 15 is 4.39 Å². The summed E-state index contributed by atoms with van der Waals surface area (Å²) < 4.78 is 61.0. The van der Waals surface area contributed by atoms with Crippen molar-refractivity contribution in [3.8, 4) is 0 Å². The quantitative estimate of drug-likeness (QED) is 0.596. The molecule has 0 radical (unpaired) electrons. The maximum Gasteiger partial charge on any atom is 0.497 e. The van der Waals surface area contributed by atoms with Crippen LogP contribution in [0.3, 0.4) is 0 Å². The average molecular weight is 524 g/mol. The summed E-state index contributed by atoms with van der Waals surface area (Å²) in [7, 11) is -4.44. The topological polar surface area (TPSA) is 94.2 Å². The Morgan fingerprint density at radius 1 is 1.19 bits per heavy atom. The lowest BCUT2D eigenvalue weighted by molar-refractivity contribution is 0.00578. The van der Waals surface area contributed by atoms with Crippen molar-refractivity contribution in [1.82, 2.24) is 9.62 Å². The Bertz CT molecular complexity index is 1130. The number of carbonyl (C=O) groups excluding carboxylic acids is 1. The smallest absolute Gasteiger partial charge is 0.444 e.